The van der Waals surface area contributed by atoms with Crippen LogP contribution in [-0.2, 0) is 4.79 Å². The van der Waals surface area contributed by atoms with Gasteiger partial charge in [-0.15, -0.1) is 0 Å². The van der Waals surface area contributed by atoms with Gasteiger partial charge < -0.3 is 5.11 Å². The Bertz CT molecular complexity index is 34.5. The zero-order valence-electron chi connectivity index (χ0n) is 3.06. The van der Waals surface area contributed by atoms with Gasteiger partial charge in [-0.25, -0.2) is 0 Å². The van der Waals surface area contributed by atoms with Crippen molar-refractivity contribution in [3.63, 3.8) is 0 Å². The Kier molecular flexibility index (Phi) is 25.4. The van der Waals surface area contributed by atoms with E-state index in [0.717, 1.165) is 6.92 Å². The fourth-order valence-corrected chi connectivity index (χ4v) is 0. The normalized spacial score (nSPS) is 4.17. The summed E-state index contributed by atoms with van der Waals surface area (Å²) in [5.41, 5.74) is 0. The first-order valence-electron chi connectivity index (χ1n) is 0.928. The molecule has 1 N–H and O–H groups in total. The molecule has 0 spiro atoms. The standard InChI is InChI=1S/C2H4O2.Ca.Sb.5H/c1-2(3)4;;;;;;;/h1H3,(H,3,4);;;;;;;. The molecule has 0 aromatic carbocycles. The predicted octanol–water partition coefficient (Wildman–Crippen LogP) is -2.01. The summed E-state index contributed by atoms with van der Waals surface area (Å²) < 4.78 is 0. The number of carboxylic acids is 1. The van der Waals surface area contributed by atoms with E-state index in [1.165, 1.54) is 0 Å². The number of rotatable bonds is 0. The van der Waals surface area contributed by atoms with Gasteiger partial charge in [0.15, 0.2) is 0 Å². The number of hydrogen-bond acceptors (Lipinski definition) is 1. The van der Waals surface area contributed by atoms with Crippen molar-refractivity contribution in [3.05, 3.63) is 0 Å². The topological polar surface area (TPSA) is 37.3 Å². The van der Waals surface area contributed by atoms with Crippen molar-refractivity contribution < 1.29 is 9.90 Å². The molecule has 0 aliphatic rings. The van der Waals surface area contributed by atoms with E-state index < -0.39 is 5.97 Å². The van der Waals surface area contributed by atoms with Crippen LogP contribution in [0.1, 0.15) is 6.92 Å². The number of hydrogen-bond donors (Lipinski definition) is 1. The van der Waals surface area contributed by atoms with Crippen LogP contribution in [0.2, 0.25) is 0 Å². The zero-order valence-corrected chi connectivity index (χ0v) is 7.10. The average Bonchev–Trinajstić information content (AvgIpc) is 0.811. The van der Waals surface area contributed by atoms with Crippen molar-refractivity contribution in [2.24, 2.45) is 0 Å². The van der Waals surface area contributed by atoms with Crippen LogP contribution in [0.5, 0.6) is 0 Å². The van der Waals surface area contributed by atoms with E-state index in [9.17, 15) is 0 Å². The molecule has 0 saturated carbocycles. The SMILES string of the molecule is CC(=O)O.[CaH2].[SbH3]. The first-order valence-corrected chi connectivity index (χ1v) is 0.928. The van der Waals surface area contributed by atoms with Gasteiger partial charge in [0.05, 0.1) is 0 Å². The Morgan fingerprint density at radius 1 is 1.67 bits per heavy atom. The van der Waals surface area contributed by atoms with E-state index in [1.54, 1.807) is 0 Å². The molecule has 0 aliphatic carbocycles. The molecule has 36 valence electrons. The van der Waals surface area contributed by atoms with E-state index >= 15 is 0 Å². The number of carboxylic acid groups (broad SMARTS) is 1. The van der Waals surface area contributed by atoms with E-state index in [2.05, 4.69) is 0 Å². The van der Waals surface area contributed by atoms with Crippen LogP contribution in [-0.4, -0.2) is 73.2 Å². The predicted molar refractivity (Wildman–Crippen MR) is 31.8 cm³/mol. The van der Waals surface area contributed by atoms with Gasteiger partial charge in [0.2, 0.25) is 0 Å². The van der Waals surface area contributed by atoms with Crippen molar-refractivity contribution in [2.75, 3.05) is 0 Å². The molecule has 0 atom stereocenters. The maximum atomic E-state index is 9.00. The van der Waals surface area contributed by atoms with Gasteiger partial charge in [-0.1, -0.05) is 0 Å². The summed E-state index contributed by atoms with van der Waals surface area (Å²) in [5, 5.41) is 7.42. The van der Waals surface area contributed by atoms with Gasteiger partial charge in [-0.05, 0) is 0 Å². The van der Waals surface area contributed by atoms with Crippen LogP contribution in [0.4, 0.5) is 0 Å². The van der Waals surface area contributed by atoms with Gasteiger partial charge in [-0.2, -0.15) is 0 Å². The van der Waals surface area contributed by atoms with Gasteiger partial charge in [0, 0.05) is 6.92 Å². The summed E-state index contributed by atoms with van der Waals surface area (Å²) in [6.45, 7) is 1.08. The Balaban J connectivity index is -0.0000000450. The molecule has 0 unspecified atom stereocenters. The van der Waals surface area contributed by atoms with E-state index in [1.807, 2.05) is 0 Å². The molecule has 0 radical (unpaired) electrons. The third-order valence-corrected chi connectivity index (χ3v) is 0. The van der Waals surface area contributed by atoms with Gasteiger partial charge in [0.1, 0.15) is 0 Å². The first-order chi connectivity index (χ1) is 1.73. The Hall–Kier alpha value is 1.55. The van der Waals surface area contributed by atoms with Crippen molar-refractivity contribution in [3.8, 4) is 0 Å². The Morgan fingerprint density at radius 2 is 1.67 bits per heavy atom. The molecule has 2 nitrogen and oxygen atoms in total. The molecule has 0 bridgehead atoms. The summed E-state index contributed by atoms with van der Waals surface area (Å²) in [4.78, 5) is 9.00. The zero-order chi connectivity index (χ0) is 3.58. The van der Waals surface area contributed by atoms with E-state index in [4.69, 9.17) is 9.90 Å². The van der Waals surface area contributed by atoms with Crippen LogP contribution >= 0.6 is 0 Å². The Labute approximate surface area is 83.7 Å². The fourth-order valence-electron chi connectivity index (χ4n) is 0. The van der Waals surface area contributed by atoms with Crippen molar-refractivity contribution in [1.82, 2.24) is 0 Å². The number of carbonyl (C=O) groups is 1. The molecule has 0 aromatic heterocycles. The van der Waals surface area contributed by atoms with Gasteiger partial charge in [0.25, 0.3) is 5.97 Å². The van der Waals surface area contributed by atoms with Crippen LogP contribution < -0.4 is 0 Å². The van der Waals surface area contributed by atoms with Crippen molar-refractivity contribution in [1.29, 1.82) is 0 Å². The third kappa shape index (κ3) is 47.9. The van der Waals surface area contributed by atoms with Crippen LogP contribution in [0.15, 0.2) is 0 Å². The molecule has 0 fully saturated rings. The van der Waals surface area contributed by atoms with Crippen molar-refractivity contribution in [2.45, 2.75) is 6.92 Å². The fraction of sp³-hybridized carbons (Fsp3) is 0.500. The summed E-state index contributed by atoms with van der Waals surface area (Å²) in [6, 6.07) is 0. The molecule has 6 heavy (non-hydrogen) atoms. The minimum absolute atomic E-state index is 0. The third-order valence-electron chi connectivity index (χ3n) is 0. The average molecular weight is 227 g/mol. The molecular formula is C2H9CaO2Sb. The van der Waals surface area contributed by atoms with Crippen LogP contribution in [0.3, 0.4) is 0 Å². The maximum absolute atomic E-state index is 9.00. The summed E-state index contributed by atoms with van der Waals surface area (Å²) in [6.07, 6.45) is 0. The number of aliphatic carboxylic acids is 1. The second-order valence-corrected chi connectivity index (χ2v) is 0.519. The second-order valence-electron chi connectivity index (χ2n) is 0.519. The van der Waals surface area contributed by atoms with Crippen molar-refractivity contribution >= 4 is 68.1 Å². The summed E-state index contributed by atoms with van der Waals surface area (Å²) in [5.74, 6) is -0.833. The quantitative estimate of drug-likeness (QED) is 0.485. The van der Waals surface area contributed by atoms with E-state index in [-0.39, 0.29) is 62.2 Å². The van der Waals surface area contributed by atoms with Gasteiger partial charge >= 0.3 is 62.2 Å². The molecule has 0 aromatic rings. The van der Waals surface area contributed by atoms with Crippen LogP contribution in [0.25, 0.3) is 0 Å². The molecule has 4 heteroatoms. The molecule has 0 saturated heterocycles. The van der Waals surface area contributed by atoms with Gasteiger partial charge in [-0.3, -0.25) is 4.79 Å². The summed E-state index contributed by atoms with van der Waals surface area (Å²) >= 11 is 0. The second kappa shape index (κ2) is 9.74. The minimum atomic E-state index is -0.833. The molecule has 0 amide bonds. The molecule has 0 rings (SSSR count). The van der Waals surface area contributed by atoms with E-state index in [0.29, 0.717) is 0 Å². The van der Waals surface area contributed by atoms with Crippen LogP contribution in [0, 0.1) is 0 Å². The summed E-state index contributed by atoms with van der Waals surface area (Å²) in [7, 11) is 0. The molecular weight excluding hydrogens is 218 g/mol. The monoisotopic (exact) mass is 226 g/mol. The first kappa shape index (κ1) is 15.6. The Morgan fingerprint density at radius 3 is 1.67 bits per heavy atom. The molecule has 0 aliphatic heterocycles. The molecule has 0 heterocycles.